The average Bonchev–Trinajstić information content (AvgIpc) is 3.04. The van der Waals surface area contributed by atoms with Crippen molar-refractivity contribution in [1.29, 1.82) is 0 Å². The molecule has 0 aliphatic carbocycles. The van der Waals surface area contributed by atoms with Crippen molar-refractivity contribution < 1.29 is 14.3 Å². The Balaban J connectivity index is 1.78. The van der Waals surface area contributed by atoms with E-state index in [2.05, 4.69) is 4.98 Å². The number of ketones is 1. The third-order valence-corrected chi connectivity index (χ3v) is 4.04. The van der Waals surface area contributed by atoms with Crippen molar-refractivity contribution in [3.05, 3.63) is 59.4 Å². The second kappa shape index (κ2) is 6.38. The van der Waals surface area contributed by atoms with Crippen LogP contribution in [0.1, 0.15) is 46.4 Å². The number of amides is 1. The number of benzene rings is 1. The number of aromatic amines is 1. The van der Waals surface area contributed by atoms with E-state index in [1.807, 2.05) is 37.3 Å². The van der Waals surface area contributed by atoms with E-state index in [9.17, 15) is 9.59 Å². The second-order valence-electron chi connectivity index (χ2n) is 5.91. The van der Waals surface area contributed by atoms with Crippen LogP contribution in [-0.2, 0) is 4.74 Å². The highest BCUT2D eigenvalue weighted by Gasteiger charge is 2.30. The zero-order chi connectivity index (χ0) is 16.4. The Labute approximate surface area is 135 Å². The zero-order valence-electron chi connectivity index (χ0n) is 13.3. The van der Waals surface area contributed by atoms with Gasteiger partial charge in [0.2, 0.25) is 0 Å². The minimum absolute atomic E-state index is 0.0415. The van der Waals surface area contributed by atoms with E-state index in [0.29, 0.717) is 24.3 Å². The topological polar surface area (TPSA) is 62.4 Å². The molecule has 1 fully saturated rings. The molecule has 3 rings (SSSR count). The normalized spacial score (nSPS) is 21.2. The van der Waals surface area contributed by atoms with Crippen LogP contribution in [0, 0.1) is 0 Å². The number of H-pyrrole nitrogens is 1. The van der Waals surface area contributed by atoms with Gasteiger partial charge in [0.15, 0.2) is 5.78 Å². The molecule has 5 nitrogen and oxygen atoms in total. The van der Waals surface area contributed by atoms with Gasteiger partial charge in [-0.3, -0.25) is 9.59 Å². The summed E-state index contributed by atoms with van der Waals surface area (Å²) in [6.45, 7) is 4.49. The van der Waals surface area contributed by atoms with Crippen LogP contribution in [0.25, 0.3) is 0 Å². The molecule has 0 spiro atoms. The summed E-state index contributed by atoms with van der Waals surface area (Å²) in [5, 5.41) is 0. The molecule has 2 heterocycles. The lowest BCUT2D eigenvalue weighted by molar-refractivity contribution is -0.0692. The molecule has 1 aromatic carbocycles. The number of aromatic nitrogens is 1. The van der Waals surface area contributed by atoms with Crippen molar-refractivity contribution in [2.75, 3.05) is 13.1 Å². The van der Waals surface area contributed by atoms with Gasteiger partial charge in [0.1, 0.15) is 11.8 Å². The lowest BCUT2D eigenvalue weighted by Gasteiger charge is -2.36. The molecule has 0 radical (unpaired) electrons. The average molecular weight is 312 g/mol. The Morgan fingerprint density at radius 2 is 1.96 bits per heavy atom. The third-order valence-electron chi connectivity index (χ3n) is 4.04. The van der Waals surface area contributed by atoms with Crippen LogP contribution in [-0.4, -0.2) is 40.8 Å². The highest BCUT2D eigenvalue weighted by atomic mass is 16.5. The Morgan fingerprint density at radius 3 is 2.61 bits per heavy atom. The molecule has 120 valence electrons. The molecule has 1 aliphatic heterocycles. The van der Waals surface area contributed by atoms with Gasteiger partial charge in [0.25, 0.3) is 5.91 Å². The van der Waals surface area contributed by atoms with Gasteiger partial charge in [-0.25, -0.2) is 0 Å². The Kier molecular flexibility index (Phi) is 4.30. The monoisotopic (exact) mass is 312 g/mol. The number of nitrogens with one attached hydrogen (secondary N) is 1. The number of nitrogens with zero attached hydrogens (tertiary/aromatic N) is 1. The minimum atomic E-state index is -0.133. The van der Waals surface area contributed by atoms with E-state index >= 15 is 0 Å². The molecule has 1 amide bonds. The van der Waals surface area contributed by atoms with Gasteiger partial charge in [-0.05, 0) is 25.5 Å². The van der Waals surface area contributed by atoms with Gasteiger partial charge >= 0.3 is 0 Å². The molecule has 1 aromatic heterocycles. The summed E-state index contributed by atoms with van der Waals surface area (Å²) in [6, 6.07) is 11.5. The number of carbonyl (C=O) groups is 2. The molecule has 23 heavy (non-hydrogen) atoms. The third kappa shape index (κ3) is 3.35. The maximum absolute atomic E-state index is 12.7. The molecule has 2 atom stereocenters. The molecule has 0 bridgehead atoms. The van der Waals surface area contributed by atoms with E-state index in [1.54, 1.807) is 17.2 Å². The van der Waals surface area contributed by atoms with E-state index in [1.165, 1.54) is 6.92 Å². The van der Waals surface area contributed by atoms with Gasteiger partial charge < -0.3 is 14.6 Å². The molecular weight excluding hydrogens is 292 g/mol. The summed E-state index contributed by atoms with van der Waals surface area (Å²) >= 11 is 0. The first-order valence-electron chi connectivity index (χ1n) is 7.73. The summed E-state index contributed by atoms with van der Waals surface area (Å²) in [5.74, 6) is -0.161. The lowest BCUT2D eigenvalue weighted by Crippen LogP contribution is -2.46. The van der Waals surface area contributed by atoms with Crippen LogP contribution in [0.4, 0.5) is 0 Å². The van der Waals surface area contributed by atoms with Gasteiger partial charge in [-0.1, -0.05) is 30.3 Å². The number of rotatable bonds is 3. The maximum atomic E-state index is 12.7. The number of Topliss-reactive ketones (excluding diaryl/α,β-unsaturated/α-hetero) is 1. The highest BCUT2D eigenvalue weighted by molar-refractivity contribution is 5.99. The fourth-order valence-electron chi connectivity index (χ4n) is 2.86. The van der Waals surface area contributed by atoms with Crippen molar-refractivity contribution in [3.8, 4) is 0 Å². The first-order valence-corrected chi connectivity index (χ1v) is 7.73. The van der Waals surface area contributed by atoms with E-state index in [4.69, 9.17) is 4.74 Å². The summed E-state index contributed by atoms with van der Waals surface area (Å²) in [7, 11) is 0. The molecule has 5 heteroatoms. The largest absolute Gasteiger partial charge is 0.367 e. The van der Waals surface area contributed by atoms with Crippen LogP contribution in [0.15, 0.2) is 42.6 Å². The van der Waals surface area contributed by atoms with E-state index in [-0.39, 0.29) is 23.9 Å². The fourth-order valence-corrected chi connectivity index (χ4v) is 2.86. The molecule has 0 unspecified atom stereocenters. The van der Waals surface area contributed by atoms with Crippen molar-refractivity contribution >= 4 is 11.7 Å². The molecule has 1 saturated heterocycles. The number of hydrogen-bond donors (Lipinski definition) is 1. The summed E-state index contributed by atoms with van der Waals surface area (Å²) < 4.78 is 5.97. The van der Waals surface area contributed by atoms with Crippen LogP contribution >= 0.6 is 0 Å². The molecular formula is C18H20N2O3. The molecule has 1 N–H and O–H groups in total. The maximum Gasteiger partial charge on any atom is 0.270 e. The van der Waals surface area contributed by atoms with Gasteiger partial charge in [-0.15, -0.1) is 0 Å². The van der Waals surface area contributed by atoms with Gasteiger partial charge in [0, 0.05) is 18.3 Å². The second-order valence-corrected chi connectivity index (χ2v) is 5.91. The van der Waals surface area contributed by atoms with Crippen molar-refractivity contribution in [2.45, 2.75) is 26.1 Å². The predicted molar refractivity (Wildman–Crippen MR) is 86.4 cm³/mol. The van der Waals surface area contributed by atoms with Gasteiger partial charge in [-0.2, -0.15) is 0 Å². The molecule has 2 aromatic rings. The smallest absolute Gasteiger partial charge is 0.270 e. The number of morpholine rings is 1. The zero-order valence-corrected chi connectivity index (χ0v) is 13.3. The van der Waals surface area contributed by atoms with Crippen molar-refractivity contribution in [2.24, 2.45) is 0 Å². The quantitative estimate of drug-likeness (QED) is 0.887. The Bertz CT molecular complexity index is 708. The molecule has 1 aliphatic rings. The number of hydrogen-bond acceptors (Lipinski definition) is 3. The van der Waals surface area contributed by atoms with Gasteiger partial charge in [0.05, 0.1) is 12.6 Å². The first-order chi connectivity index (χ1) is 11.0. The standard InChI is InChI=1S/C18H20N2O3/c1-12-10-20(11-17(23-12)14-6-4-3-5-7-14)18(22)16-8-15(9-19-16)13(2)21/h3-9,12,17,19H,10-11H2,1-2H3/t12-,17-/m0/s1. The van der Waals surface area contributed by atoms with E-state index in [0.717, 1.165) is 5.56 Å². The highest BCUT2D eigenvalue weighted by Crippen LogP contribution is 2.26. The fraction of sp³-hybridized carbons (Fsp3) is 0.333. The lowest BCUT2D eigenvalue weighted by atomic mass is 10.1. The van der Waals surface area contributed by atoms with Crippen molar-refractivity contribution in [1.82, 2.24) is 9.88 Å². The van der Waals surface area contributed by atoms with Crippen LogP contribution < -0.4 is 0 Å². The molecule has 0 saturated carbocycles. The number of ether oxygens (including phenoxy) is 1. The summed E-state index contributed by atoms with van der Waals surface area (Å²) in [4.78, 5) is 28.7. The predicted octanol–water partition coefficient (Wildman–Crippen LogP) is 2.82. The Hall–Kier alpha value is -2.40. The Morgan fingerprint density at radius 1 is 1.22 bits per heavy atom. The van der Waals surface area contributed by atoms with Crippen LogP contribution in [0.2, 0.25) is 0 Å². The van der Waals surface area contributed by atoms with E-state index < -0.39 is 0 Å². The van der Waals surface area contributed by atoms with Crippen LogP contribution in [0.5, 0.6) is 0 Å². The minimum Gasteiger partial charge on any atom is -0.367 e. The number of carbonyl (C=O) groups excluding carboxylic acids is 2. The first kappa shape index (κ1) is 15.5. The van der Waals surface area contributed by atoms with Crippen molar-refractivity contribution in [3.63, 3.8) is 0 Å². The summed E-state index contributed by atoms with van der Waals surface area (Å²) in [5.41, 5.74) is 2.03. The SMILES string of the molecule is CC(=O)c1c[nH]c(C(=O)N2C[C@@H](c3ccccc3)O[C@@H](C)C2)c1. The summed E-state index contributed by atoms with van der Waals surface area (Å²) in [6.07, 6.45) is 1.40. The van der Waals surface area contributed by atoms with Crippen LogP contribution in [0.3, 0.4) is 0 Å².